The molecular weight excluding hydrogens is 369 g/mol. The average molecular weight is 378 g/mol. The van der Waals surface area contributed by atoms with E-state index in [-0.39, 0.29) is 15.7 Å². The maximum Gasteiger partial charge on any atom is 0.283 e. The van der Waals surface area contributed by atoms with E-state index in [1.807, 2.05) is 0 Å². The van der Waals surface area contributed by atoms with Gasteiger partial charge in [-0.05, 0) is 24.3 Å². The van der Waals surface area contributed by atoms with Gasteiger partial charge in [-0.3, -0.25) is 20.2 Å². The molecule has 0 radical (unpaired) electrons. The topological polar surface area (TPSA) is 85.1 Å². The van der Waals surface area contributed by atoms with Crippen LogP contribution in [0, 0.1) is 15.9 Å². The number of anilines is 1. The van der Waals surface area contributed by atoms with Gasteiger partial charge in [-0.1, -0.05) is 23.7 Å². The normalized spacial score (nSPS) is 10.5. The van der Waals surface area contributed by atoms with Crippen LogP contribution in [0.1, 0.15) is 10.4 Å². The van der Waals surface area contributed by atoms with Crippen molar-refractivity contribution in [3.63, 3.8) is 0 Å². The molecule has 2 aromatic carbocycles. The van der Waals surface area contributed by atoms with E-state index in [4.69, 9.17) is 11.6 Å². The summed E-state index contributed by atoms with van der Waals surface area (Å²) in [5, 5.41) is 15.6. The zero-order chi connectivity index (χ0) is 18.0. The standard InChI is InChI=1S/C16H9ClFN3O3S/c17-10-4-5-12(14(7-10)21(23)24)15(22)20-16-19-13(8-25-16)9-2-1-3-11(18)6-9/h1-8H,(H,19,20,22). The Balaban J connectivity index is 1.84. The molecule has 1 aromatic heterocycles. The predicted octanol–water partition coefficient (Wildman–Crippen LogP) is 4.76. The summed E-state index contributed by atoms with van der Waals surface area (Å²) in [5.74, 6) is -1.07. The monoisotopic (exact) mass is 377 g/mol. The number of carbonyl (C=O) groups is 1. The first-order valence-corrected chi connectivity index (χ1v) is 8.16. The fraction of sp³-hybridized carbons (Fsp3) is 0. The molecule has 0 bridgehead atoms. The molecule has 25 heavy (non-hydrogen) atoms. The molecule has 1 amide bonds. The lowest BCUT2D eigenvalue weighted by Crippen LogP contribution is -2.13. The number of nitro benzene ring substituents is 1. The molecule has 1 N–H and O–H groups in total. The fourth-order valence-electron chi connectivity index (χ4n) is 2.12. The highest BCUT2D eigenvalue weighted by Crippen LogP contribution is 2.27. The Kier molecular flexibility index (Phi) is 4.73. The number of nitrogens with zero attached hydrogens (tertiary/aromatic N) is 2. The molecule has 0 aliphatic carbocycles. The average Bonchev–Trinajstić information content (AvgIpc) is 3.03. The van der Waals surface area contributed by atoms with Gasteiger partial charge in [0, 0.05) is 22.0 Å². The van der Waals surface area contributed by atoms with Crippen LogP contribution in [0.25, 0.3) is 11.3 Å². The van der Waals surface area contributed by atoms with Crippen molar-refractivity contribution in [3.8, 4) is 11.3 Å². The molecule has 0 aliphatic heterocycles. The Morgan fingerprint density at radius 1 is 1.28 bits per heavy atom. The van der Waals surface area contributed by atoms with Crippen molar-refractivity contribution in [1.29, 1.82) is 0 Å². The summed E-state index contributed by atoms with van der Waals surface area (Å²) < 4.78 is 13.3. The van der Waals surface area contributed by atoms with Gasteiger partial charge in [0.15, 0.2) is 5.13 Å². The largest absolute Gasteiger partial charge is 0.298 e. The number of thiazole rings is 1. The number of hydrogen-bond donors (Lipinski definition) is 1. The Morgan fingerprint density at radius 3 is 2.80 bits per heavy atom. The van der Waals surface area contributed by atoms with Crippen molar-refractivity contribution in [2.45, 2.75) is 0 Å². The Morgan fingerprint density at radius 2 is 2.08 bits per heavy atom. The molecule has 0 fully saturated rings. The summed E-state index contributed by atoms with van der Waals surface area (Å²) in [7, 11) is 0. The molecular formula is C16H9ClFN3O3S. The zero-order valence-corrected chi connectivity index (χ0v) is 14.0. The van der Waals surface area contributed by atoms with E-state index in [9.17, 15) is 19.3 Å². The number of carbonyl (C=O) groups excluding carboxylic acids is 1. The smallest absolute Gasteiger partial charge is 0.283 e. The minimum Gasteiger partial charge on any atom is -0.298 e. The molecule has 3 aromatic rings. The first-order chi connectivity index (χ1) is 11.9. The van der Waals surface area contributed by atoms with Gasteiger partial charge in [-0.25, -0.2) is 9.37 Å². The number of halogens is 2. The maximum absolute atomic E-state index is 13.3. The number of rotatable bonds is 4. The van der Waals surface area contributed by atoms with Gasteiger partial charge in [0.2, 0.25) is 0 Å². The van der Waals surface area contributed by atoms with E-state index in [1.165, 1.54) is 24.3 Å². The molecule has 0 spiro atoms. The molecule has 1 heterocycles. The number of amides is 1. The van der Waals surface area contributed by atoms with E-state index in [1.54, 1.807) is 17.5 Å². The van der Waals surface area contributed by atoms with Crippen molar-refractivity contribution >= 4 is 39.7 Å². The van der Waals surface area contributed by atoms with Gasteiger partial charge in [0.1, 0.15) is 11.4 Å². The summed E-state index contributed by atoms with van der Waals surface area (Å²) in [6.45, 7) is 0. The summed E-state index contributed by atoms with van der Waals surface area (Å²) >= 11 is 6.86. The highest BCUT2D eigenvalue weighted by molar-refractivity contribution is 7.14. The van der Waals surface area contributed by atoms with Crippen molar-refractivity contribution in [3.05, 3.63) is 74.4 Å². The maximum atomic E-state index is 13.3. The molecule has 0 saturated heterocycles. The van der Waals surface area contributed by atoms with Crippen LogP contribution >= 0.6 is 22.9 Å². The summed E-state index contributed by atoms with van der Waals surface area (Å²) in [6, 6.07) is 9.66. The van der Waals surface area contributed by atoms with Crippen LogP contribution in [0.3, 0.4) is 0 Å². The van der Waals surface area contributed by atoms with E-state index in [0.29, 0.717) is 11.3 Å². The van der Waals surface area contributed by atoms with Crippen LogP contribution in [0.15, 0.2) is 47.8 Å². The van der Waals surface area contributed by atoms with Crippen molar-refractivity contribution in [1.82, 2.24) is 4.98 Å². The molecule has 9 heteroatoms. The minimum absolute atomic E-state index is 0.128. The highest BCUT2D eigenvalue weighted by atomic mass is 35.5. The van der Waals surface area contributed by atoms with Gasteiger partial charge >= 0.3 is 0 Å². The fourth-order valence-corrected chi connectivity index (χ4v) is 3.00. The third-order valence-corrected chi connectivity index (χ3v) is 4.24. The van der Waals surface area contributed by atoms with Crippen LogP contribution in [0.4, 0.5) is 15.2 Å². The van der Waals surface area contributed by atoms with Gasteiger partial charge in [-0.15, -0.1) is 11.3 Å². The second-order valence-corrected chi connectivity index (χ2v) is 6.22. The number of benzene rings is 2. The third-order valence-electron chi connectivity index (χ3n) is 3.25. The van der Waals surface area contributed by atoms with E-state index < -0.39 is 22.3 Å². The number of hydrogen-bond acceptors (Lipinski definition) is 5. The van der Waals surface area contributed by atoms with Crippen LogP contribution < -0.4 is 5.32 Å². The van der Waals surface area contributed by atoms with Gasteiger partial charge in [-0.2, -0.15) is 0 Å². The Hall–Kier alpha value is -2.84. The molecule has 0 saturated carbocycles. The number of nitro groups is 1. The lowest BCUT2D eigenvalue weighted by atomic mass is 10.1. The lowest BCUT2D eigenvalue weighted by Gasteiger charge is -2.03. The molecule has 0 aliphatic rings. The molecule has 0 unspecified atom stereocenters. The SMILES string of the molecule is O=C(Nc1nc(-c2cccc(F)c2)cs1)c1ccc(Cl)cc1[N+](=O)[O-]. The van der Waals surface area contributed by atoms with Gasteiger partial charge in [0.25, 0.3) is 11.6 Å². The summed E-state index contributed by atoms with van der Waals surface area (Å²) in [6.07, 6.45) is 0. The predicted molar refractivity (Wildman–Crippen MR) is 93.6 cm³/mol. The van der Waals surface area contributed by atoms with Gasteiger partial charge < -0.3 is 0 Å². The van der Waals surface area contributed by atoms with Crippen molar-refractivity contribution < 1.29 is 14.1 Å². The number of nitrogens with one attached hydrogen (secondary N) is 1. The Labute approximate surface area is 150 Å². The quantitative estimate of drug-likeness (QED) is 0.524. The molecule has 6 nitrogen and oxygen atoms in total. The van der Waals surface area contributed by atoms with Crippen LogP contribution in [-0.2, 0) is 0 Å². The second kappa shape index (κ2) is 6.96. The molecule has 3 rings (SSSR count). The van der Waals surface area contributed by atoms with Crippen LogP contribution in [-0.4, -0.2) is 15.8 Å². The van der Waals surface area contributed by atoms with Crippen molar-refractivity contribution in [2.24, 2.45) is 0 Å². The van der Waals surface area contributed by atoms with E-state index >= 15 is 0 Å². The lowest BCUT2D eigenvalue weighted by molar-refractivity contribution is -0.385. The zero-order valence-electron chi connectivity index (χ0n) is 12.4. The Bertz CT molecular complexity index is 977. The second-order valence-electron chi connectivity index (χ2n) is 4.92. The third kappa shape index (κ3) is 3.81. The summed E-state index contributed by atoms with van der Waals surface area (Å²) in [5.41, 5.74) is 0.531. The molecule has 0 atom stereocenters. The van der Waals surface area contributed by atoms with E-state index in [0.717, 1.165) is 17.4 Å². The van der Waals surface area contributed by atoms with Crippen molar-refractivity contribution in [2.75, 3.05) is 5.32 Å². The first kappa shape index (κ1) is 17.0. The van der Waals surface area contributed by atoms with Crippen LogP contribution in [0.5, 0.6) is 0 Å². The summed E-state index contributed by atoms with van der Waals surface area (Å²) in [4.78, 5) is 26.9. The van der Waals surface area contributed by atoms with E-state index in [2.05, 4.69) is 10.3 Å². The minimum atomic E-state index is -0.680. The highest BCUT2D eigenvalue weighted by Gasteiger charge is 2.21. The first-order valence-electron chi connectivity index (χ1n) is 6.91. The molecule has 126 valence electrons. The van der Waals surface area contributed by atoms with Crippen LogP contribution in [0.2, 0.25) is 5.02 Å². The number of aromatic nitrogens is 1. The van der Waals surface area contributed by atoms with Gasteiger partial charge in [0.05, 0.1) is 10.6 Å².